The number of hydrogen-bond donors (Lipinski definition) is 2. The fourth-order valence-corrected chi connectivity index (χ4v) is 2.09. The number of ether oxygens (including phenoxy) is 2. The third-order valence-corrected chi connectivity index (χ3v) is 3.45. The van der Waals surface area contributed by atoms with Crippen LogP contribution < -0.4 is 20.5 Å². The van der Waals surface area contributed by atoms with E-state index in [1.54, 1.807) is 25.3 Å². The molecule has 0 heterocycles. The molecule has 1 aliphatic carbocycles. The van der Waals surface area contributed by atoms with Gasteiger partial charge in [0.2, 0.25) is 0 Å². The molecule has 1 amide bonds. The lowest BCUT2D eigenvalue weighted by atomic mass is 10.1. The van der Waals surface area contributed by atoms with E-state index in [1.807, 2.05) is 6.92 Å². The van der Waals surface area contributed by atoms with E-state index in [0.717, 1.165) is 0 Å². The number of carbonyl (C=O) groups excluding carboxylic acids is 1. The van der Waals surface area contributed by atoms with Crippen molar-refractivity contribution in [1.29, 1.82) is 0 Å². The van der Waals surface area contributed by atoms with E-state index < -0.39 is 0 Å². The number of benzene rings is 1. The van der Waals surface area contributed by atoms with Gasteiger partial charge < -0.3 is 20.5 Å². The minimum Gasteiger partial charge on any atom is -0.493 e. The maximum Gasteiger partial charge on any atom is 0.251 e. The molecule has 0 radical (unpaired) electrons. The molecule has 1 aliphatic rings. The van der Waals surface area contributed by atoms with Crippen molar-refractivity contribution in [2.24, 2.45) is 11.7 Å². The predicted octanol–water partition coefficient (Wildman–Crippen LogP) is 1.98. The Morgan fingerprint density at radius 1 is 1.43 bits per heavy atom. The Bertz CT molecular complexity index is 478. The third kappa shape index (κ3) is 4.79. The van der Waals surface area contributed by atoms with Gasteiger partial charge >= 0.3 is 0 Å². The van der Waals surface area contributed by atoms with Gasteiger partial charge in [-0.25, -0.2) is 0 Å². The van der Waals surface area contributed by atoms with Gasteiger partial charge in [0.15, 0.2) is 11.5 Å². The molecule has 6 heteroatoms. The van der Waals surface area contributed by atoms with E-state index in [9.17, 15) is 4.79 Å². The van der Waals surface area contributed by atoms with Crippen LogP contribution in [-0.4, -0.2) is 32.2 Å². The summed E-state index contributed by atoms with van der Waals surface area (Å²) < 4.78 is 10.7. The van der Waals surface area contributed by atoms with Crippen molar-refractivity contribution in [3.05, 3.63) is 23.8 Å². The lowest BCUT2D eigenvalue weighted by Gasteiger charge is -2.13. The minimum absolute atomic E-state index is 0. The Hall–Kier alpha value is -1.46. The van der Waals surface area contributed by atoms with Gasteiger partial charge in [0.25, 0.3) is 5.91 Å². The van der Waals surface area contributed by atoms with Crippen molar-refractivity contribution >= 4 is 18.3 Å². The molecule has 1 aromatic rings. The first-order valence-corrected chi connectivity index (χ1v) is 7.00. The summed E-state index contributed by atoms with van der Waals surface area (Å²) in [7, 11) is 1.56. The van der Waals surface area contributed by atoms with Crippen molar-refractivity contribution in [1.82, 2.24) is 5.32 Å². The third-order valence-electron chi connectivity index (χ3n) is 3.45. The molecular weight excluding hydrogens is 292 g/mol. The van der Waals surface area contributed by atoms with Crippen LogP contribution in [0, 0.1) is 5.92 Å². The summed E-state index contributed by atoms with van der Waals surface area (Å²) >= 11 is 0. The molecule has 2 rings (SSSR count). The highest BCUT2D eigenvalue weighted by Gasteiger charge is 2.28. The van der Waals surface area contributed by atoms with Gasteiger partial charge in [-0.15, -0.1) is 12.4 Å². The molecule has 0 saturated heterocycles. The van der Waals surface area contributed by atoms with Crippen LogP contribution in [0.25, 0.3) is 0 Å². The molecule has 1 unspecified atom stereocenters. The molecule has 21 heavy (non-hydrogen) atoms. The Kier molecular flexibility index (Phi) is 6.78. The monoisotopic (exact) mass is 314 g/mol. The van der Waals surface area contributed by atoms with Crippen LogP contribution in [0.4, 0.5) is 0 Å². The molecular formula is C15H23ClN2O3. The lowest BCUT2D eigenvalue weighted by Crippen LogP contribution is -2.38. The van der Waals surface area contributed by atoms with Crippen molar-refractivity contribution in [2.45, 2.75) is 25.8 Å². The number of nitrogens with one attached hydrogen (secondary N) is 1. The lowest BCUT2D eigenvalue weighted by molar-refractivity contribution is 0.0950. The summed E-state index contributed by atoms with van der Waals surface area (Å²) in [4.78, 5) is 12.1. The van der Waals surface area contributed by atoms with Crippen LogP contribution in [0.3, 0.4) is 0 Å². The fourth-order valence-electron chi connectivity index (χ4n) is 2.09. The first kappa shape index (κ1) is 17.6. The van der Waals surface area contributed by atoms with Gasteiger partial charge in [0.05, 0.1) is 13.7 Å². The standard InChI is InChI=1S/C15H22N2O3.ClH/c1-3-20-13-7-6-11(8-14(13)19-2)15(18)17-9-12(16)10-4-5-10;/h6-8,10,12H,3-5,9,16H2,1-2H3,(H,17,18);1H. The average Bonchev–Trinajstić information content (AvgIpc) is 3.29. The minimum atomic E-state index is -0.137. The van der Waals surface area contributed by atoms with Gasteiger partial charge in [-0.2, -0.15) is 0 Å². The zero-order valence-electron chi connectivity index (χ0n) is 12.4. The number of amides is 1. The number of rotatable bonds is 7. The number of nitrogens with two attached hydrogens (primary N) is 1. The topological polar surface area (TPSA) is 73.6 Å². The van der Waals surface area contributed by atoms with Gasteiger partial charge in [-0.3, -0.25) is 4.79 Å². The van der Waals surface area contributed by atoms with E-state index in [1.165, 1.54) is 12.8 Å². The molecule has 0 aliphatic heterocycles. The molecule has 3 N–H and O–H groups in total. The highest BCUT2D eigenvalue weighted by Crippen LogP contribution is 2.31. The van der Waals surface area contributed by atoms with Crippen molar-refractivity contribution in [2.75, 3.05) is 20.3 Å². The van der Waals surface area contributed by atoms with Crippen molar-refractivity contribution in [3.63, 3.8) is 0 Å². The highest BCUT2D eigenvalue weighted by molar-refractivity contribution is 5.94. The molecule has 0 aromatic heterocycles. The molecule has 1 atom stereocenters. The van der Waals surface area contributed by atoms with Crippen LogP contribution >= 0.6 is 12.4 Å². The van der Waals surface area contributed by atoms with E-state index >= 15 is 0 Å². The van der Waals surface area contributed by atoms with E-state index in [0.29, 0.717) is 36.1 Å². The predicted molar refractivity (Wildman–Crippen MR) is 84.4 cm³/mol. The van der Waals surface area contributed by atoms with Crippen LogP contribution in [0.5, 0.6) is 11.5 Å². The van der Waals surface area contributed by atoms with Crippen LogP contribution in [-0.2, 0) is 0 Å². The molecule has 1 fully saturated rings. The quantitative estimate of drug-likeness (QED) is 0.807. The Morgan fingerprint density at radius 3 is 2.71 bits per heavy atom. The summed E-state index contributed by atoms with van der Waals surface area (Å²) in [6.45, 7) is 2.97. The molecule has 0 spiro atoms. The van der Waals surface area contributed by atoms with Crippen molar-refractivity contribution < 1.29 is 14.3 Å². The number of carbonyl (C=O) groups is 1. The molecule has 118 valence electrons. The van der Waals surface area contributed by atoms with Gasteiger partial charge in [0, 0.05) is 18.2 Å². The highest BCUT2D eigenvalue weighted by atomic mass is 35.5. The smallest absolute Gasteiger partial charge is 0.251 e. The summed E-state index contributed by atoms with van der Waals surface area (Å²) in [5.74, 6) is 1.64. The summed E-state index contributed by atoms with van der Waals surface area (Å²) in [6.07, 6.45) is 2.35. The largest absolute Gasteiger partial charge is 0.493 e. The zero-order chi connectivity index (χ0) is 14.5. The Balaban J connectivity index is 0.00000220. The number of halogens is 1. The molecule has 1 aromatic carbocycles. The Labute approximate surface area is 131 Å². The fraction of sp³-hybridized carbons (Fsp3) is 0.533. The summed E-state index contributed by atoms with van der Waals surface area (Å²) in [5, 5.41) is 2.86. The number of hydrogen-bond acceptors (Lipinski definition) is 4. The van der Waals surface area contributed by atoms with E-state index in [4.69, 9.17) is 15.2 Å². The second kappa shape index (κ2) is 8.10. The second-order valence-corrected chi connectivity index (χ2v) is 5.01. The molecule has 1 saturated carbocycles. The van der Waals surface area contributed by atoms with Gasteiger partial charge in [-0.1, -0.05) is 0 Å². The SMILES string of the molecule is CCOc1ccc(C(=O)NCC(N)C2CC2)cc1OC.Cl. The first-order chi connectivity index (χ1) is 9.65. The van der Waals surface area contributed by atoms with Gasteiger partial charge in [0.1, 0.15) is 0 Å². The normalized spacial score (nSPS) is 14.8. The number of methoxy groups -OCH3 is 1. The van der Waals surface area contributed by atoms with Gasteiger partial charge in [-0.05, 0) is 43.9 Å². The van der Waals surface area contributed by atoms with Crippen LogP contribution in [0.1, 0.15) is 30.1 Å². The first-order valence-electron chi connectivity index (χ1n) is 7.00. The van der Waals surface area contributed by atoms with Crippen LogP contribution in [0.2, 0.25) is 0 Å². The van der Waals surface area contributed by atoms with E-state index in [-0.39, 0.29) is 24.4 Å². The maximum atomic E-state index is 12.1. The molecule has 5 nitrogen and oxygen atoms in total. The molecule has 0 bridgehead atoms. The van der Waals surface area contributed by atoms with Crippen molar-refractivity contribution in [3.8, 4) is 11.5 Å². The summed E-state index contributed by atoms with van der Waals surface area (Å²) in [6, 6.07) is 5.22. The summed E-state index contributed by atoms with van der Waals surface area (Å²) in [5.41, 5.74) is 6.52. The van der Waals surface area contributed by atoms with E-state index in [2.05, 4.69) is 5.32 Å². The maximum absolute atomic E-state index is 12.1. The van der Waals surface area contributed by atoms with Crippen LogP contribution in [0.15, 0.2) is 18.2 Å². The average molecular weight is 315 g/mol. The Morgan fingerprint density at radius 2 is 2.14 bits per heavy atom. The second-order valence-electron chi connectivity index (χ2n) is 5.01. The zero-order valence-corrected chi connectivity index (χ0v) is 13.2.